The Bertz CT molecular complexity index is 862. The van der Waals surface area contributed by atoms with E-state index in [9.17, 15) is 0 Å². The molecule has 0 atom stereocenters. The highest BCUT2D eigenvalue weighted by Crippen LogP contribution is 2.26. The van der Waals surface area contributed by atoms with Gasteiger partial charge in [-0.2, -0.15) is 0 Å². The lowest BCUT2D eigenvalue weighted by Gasteiger charge is -2.34. The van der Waals surface area contributed by atoms with Crippen LogP contribution in [0, 0.1) is 13.8 Å². The van der Waals surface area contributed by atoms with Gasteiger partial charge in [0, 0.05) is 44.6 Å². The number of nitrogens with zero attached hydrogens (tertiary/aromatic N) is 3. The second kappa shape index (κ2) is 7.74. The number of benzene rings is 1. The molecule has 1 aromatic carbocycles. The fourth-order valence-corrected chi connectivity index (χ4v) is 4.18. The van der Waals surface area contributed by atoms with Crippen LogP contribution in [0.4, 0.5) is 0 Å². The van der Waals surface area contributed by atoms with Crippen molar-refractivity contribution in [3.63, 3.8) is 0 Å². The van der Waals surface area contributed by atoms with Crippen LogP contribution < -0.4 is 0 Å². The Balaban J connectivity index is 1.30. The van der Waals surface area contributed by atoms with Crippen molar-refractivity contribution in [3.8, 4) is 10.8 Å². The average molecular weight is 368 g/mol. The van der Waals surface area contributed by atoms with E-state index in [1.165, 1.54) is 11.1 Å². The molecule has 1 saturated heterocycles. The average Bonchev–Trinajstić information content (AvgIpc) is 3.27. The normalized spacial score (nSPS) is 16.2. The summed E-state index contributed by atoms with van der Waals surface area (Å²) in [6, 6.07) is 12.7. The van der Waals surface area contributed by atoms with Crippen LogP contribution in [0.5, 0.6) is 0 Å². The molecule has 0 saturated carbocycles. The molecule has 26 heavy (non-hydrogen) atoms. The van der Waals surface area contributed by atoms with Crippen molar-refractivity contribution in [1.29, 1.82) is 0 Å². The Morgan fingerprint density at radius 1 is 0.962 bits per heavy atom. The third-order valence-corrected chi connectivity index (χ3v) is 5.91. The summed E-state index contributed by atoms with van der Waals surface area (Å²) in [5, 5.41) is 3.14. The Morgan fingerprint density at radius 2 is 1.69 bits per heavy atom. The van der Waals surface area contributed by atoms with E-state index in [0.717, 1.165) is 61.5 Å². The van der Waals surface area contributed by atoms with Crippen molar-refractivity contribution in [1.82, 2.24) is 14.8 Å². The first-order chi connectivity index (χ1) is 12.7. The molecular weight excluding hydrogens is 342 g/mol. The molecule has 0 spiro atoms. The Hall–Kier alpha value is -1.95. The highest BCUT2D eigenvalue weighted by atomic mass is 32.1. The number of furan rings is 1. The van der Waals surface area contributed by atoms with E-state index >= 15 is 0 Å². The number of aryl methyl sites for hydroxylation is 2. The van der Waals surface area contributed by atoms with Crippen molar-refractivity contribution in [2.24, 2.45) is 0 Å². The molecule has 0 N–H and O–H groups in total. The van der Waals surface area contributed by atoms with Crippen molar-refractivity contribution in [2.45, 2.75) is 26.9 Å². The summed E-state index contributed by atoms with van der Waals surface area (Å²) >= 11 is 1.67. The number of hydrogen-bond acceptors (Lipinski definition) is 5. The van der Waals surface area contributed by atoms with Gasteiger partial charge in [-0.25, -0.2) is 4.98 Å². The van der Waals surface area contributed by atoms with Gasteiger partial charge in [0.2, 0.25) is 0 Å². The van der Waals surface area contributed by atoms with Crippen LogP contribution in [-0.4, -0.2) is 41.0 Å². The molecule has 5 heteroatoms. The van der Waals surface area contributed by atoms with E-state index < -0.39 is 0 Å². The lowest BCUT2D eigenvalue weighted by atomic mass is 10.1. The SMILES string of the molecule is Cc1ccc(-c2nc(CN3CCN(Cc4ccccc4C)CC3)cs2)o1. The summed E-state index contributed by atoms with van der Waals surface area (Å²) in [7, 11) is 0. The zero-order chi connectivity index (χ0) is 17.9. The Labute approximate surface area is 159 Å². The van der Waals surface area contributed by atoms with E-state index in [1.54, 1.807) is 11.3 Å². The lowest BCUT2D eigenvalue weighted by Crippen LogP contribution is -2.45. The molecule has 136 valence electrons. The molecule has 0 unspecified atom stereocenters. The second-order valence-corrected chi connectivity index (χ2v) is 7.89. The Morgan fingerprint density at radius 3 is 2.38 bits per heavy atom. The molecule has 0 amide bonds. The maximum absolute atomic E-state index is 5.68. The zero-order valence-electron chi connectivity index (χ0n) is 15.4. The van der Waals surface area contributed by atoms with Crippen LogP contribution in [0.3, 0.4) is 0 Å². The van der Waals surface area contributed by atoms with E-state index in [2.05, 4.69) is 46.4 Å². The van der Waals surface area contributed by atoms with E-state index in [1.807, 2.05) is 19.1 Å². The van der Waals surface area contributed by atoms with Crippen LogP contribution in [-0.2, 0) is 13.1 Å². The summed E-state index contributed by atoms with van der Waals surface area (Å²) in [5.41, 5.74) is 3.98. The van der Waals surface area contributed by atoms with Gasteiger partial charge in [0.05, 0.1) is 5.69 Å². The molecular formula is C21H25N3OS. The molecule has 0 radical (unpaired) electrons. The van der Waals surface area contributed by atoms with Crippen LogP contribution in [0.15, 0.2) is 46.2 Å². The third-order valence-electron chi connectivity index (χ3n) is 5.01. The number of thiazole rings is 1. The van der Waals surface area contributed by atoms with Gasteiger partial charge >= 0.3 is 0 Å². The van der Waals surface area contributed by atoms with Gasteiger partial charge in [-0.3, -0.25) is 9.80 Å². The minimum absolute atomic E-state index is 0.877. The summed E-state index contributed by atoms with van der Waals surface area (Å²) in [6.07, 6.45) is 0. The van der Waals surface area contributed by atoms with Crippen LogP contribution in [0.1, 0.15) is 22.6 Å². The maximum atomic E-state index is 5.68. The molecule has 0 aliphatic carbocycles. The van der Waals surface area contributed by atoms with E-state index in [4.69, 9.17) is 9.40 Å². The van der Waals surface area contributed by atoms with Crippen LogP contribution >= 0.6 is 11.3 Å². The van der Waals surface area contributed by atoms with Gasteiger partial charge in [0.25, 0.3) is 0 Å². The quantitative estimate of drug-likeness (QED) is 0.672. The molecule has 4 nitrogen and oxygen atoms in total. The lowest BCUT2D eigenvalue weighted by molar-refractivity contribution is 0.121. The molecule has 4 rings (SSSR count). The molecule has 1 aliphatic heterocycles. The molecule has 3 heterocycles. The molecule has 3 aromatic rings. The van der Waals surface area contributed by atoms with Gasteiger partial charge in [-0.15, -0.1) is 11.3 Å². The van der Waals surface area contributed by atoms with Crippen molar-refractivity contribution in [3.05, 3.63) is 64.4 Å². The first kappa shape index (κ1) is 17.5. The minimum atomic E-state index is 0.877. The summed E-state index contributed by atoms with van der Waals surface area (Å²) in [5.74, 6) is 1.81. The number of rotatable bonds is 5. The largest absolute Gasteiger partial charge is 0.459 e. The summed E-state index contributed by atoms with van der Waals surface area (Å²) in [4.78, 5) is 9.81. The Kier molecular flexibility index (Phi) is 5.20. The van der Waals surface area contributed by atoms with Crippen LogP contribution in [0.25, 0.3) is 10.8 Å². The monoisotopic (exact) mass is 367 g/mol. The molecule has 2 aromatic heterocycles. The molecule has 1 aliphatic rings. The zero-order valence-corrected chi connectivity index (χ0v) is 16.3. The van der Waals surface area contributed by atoms with E-state index in [0.29, 0.717) is 0 Å². The fourth-order valence-electron chi connectivity index (χ4n) is 3.41. The first-order valence-corrected chi connectivity index (χ1v) is 10.1. The van der Waals surface area contributed by atoms with Crippen LogP contribution in [0.2, 0.25) is 0 Å². The van der Waals surface area contributed by atoms with Gasteiger partial charge in [0.1, 0.15) is 5.76 Å². The number of piperazine rings is 1. The highest BCUT2D eigenvalue weighted by Gasteiger charge is 2.19. The molecule has 1 fully saturated rings. The van der Waals surface area contributed by atoms with Crippen molar-refractivity contribution in [2.75, 3.05) is 26.2 Å². The topological polar surface area (TPSA) is 32.5 Å². The summed E-state index contributed by atoms with van der Waals surface area (Å²) < 4.78 is 5.68. The first-order valence-electron chi connectivity index (χ1n) is 9.18. The van der Waals surface area contributed by atoms with Gasteiger partial charge in [0.15, 0.2) is 10.8 Å². The smallest absolute Gasteiger partial charge is 0.162 e. The molecule has 0 bridgehead atoms. The maximum Gasteiger partial charge on any atom is 0.162 e. The third kappa shape index (κ3) is 4.06. The van der Waals surface area contributed by atoms with Gasteiger partial charge in [-0.1, -0.05) is 24.3 Å². The van der Waals surface area contributed by atoms with E-state index in [-0.39, 0.29) is 0 Å². The highest BCUT2D eigenvalue weighted by molar-refractivity contribution is 7.13. The van der Waals surface area contributed by atoms with Crippen molar-refractivity contribution < 1.29 is 4.42 Å². The van der Waals surface area contributed by atoms with Gasteiger partial charge in [-0.05, 0) is 37.1 Å². The predicted octanol–water partition coefficient (Wildman–Crippen LogP) is 4.34. The van der Waals surface area contributed by atoms with Crippen molar-refractivity contribution >= 4 is 11.3 Å². The predicted molar refractivity (Wildman–Crippen MR) is 106 cm³/mol. The minimum Gasteiger partial charge on any atom is -0.459 e. The van der Waals surface area contributed by atoms with Gasteiger partial charge < -0.3 is 4.42 Å². The second-order valence-electron chi connectivity index (χ2n) is 7.03. The fraction of sp³-hybridized carbons (Fsp3) is 0.381. The standard InChI is InChI=1S/C21H25N3OS/c1-16-5-3-4-6-18(16)13-23-9-11-24(12-10-23)14-19-15-26-21(22-19)20-8-7-17(2)25-20/h3-8,15H,9-14H2,1-2H3. The summed E-state index contributed by atoms with van der Waals surface area (Å²) in [6.45, 7) is 10.6. The number of aromatic nitrogens is 1. The number of hydrogen-bond donors (Lipinski definition) is 0.